The maximum absolute atomic E-state index is 13.4. The fourth-order valence-electron chi connectivity index (χ4n) is 1.89. The molecule has 0 heterocycles. The number of para-hydroxylation sites is 1. The lowest BCUT2D eigenvalue weighted by atomic mass is 10.1. The summed E-state index contributed by atoms with van der Waals surface area (Å²) in [7, 11) is 0. The highest BCUT2D eigenvalue weighted by atomic mass is 19.1. The van der Waals surface area contributed by atoms with Gasteiger partial charge in [-0.05, 0) is 25.1 Å². The first-order chi connectivity index (χ1) is 10.2. The van der Waals surface area contributed by atoms with Crippen LogP contribution in [0, 0.1) is 5.82 Å². The Balaban J connectivity index is 1.78. The summed E-state index contributed by atoms with van der Waals surface area (Å²) in [6.45, 7) is 2.32. The molecule has 110 valence electrons. The molecule has 0 aromatic heterocycles. The van der Waals surface area contributed by atoms with Gasteiger partial charge in [-0.1, -0.05) is 30.3 Å². The van der Waals surface area contributed by atoms with E-state index in [1.165, 1.54) is 13.0 Å². The van der Waals surface area contributed by atoms with E-state index >= 15 is 0 Å². The van der Waals surface area contributed by atoms with Crippen LogP contribution < -0.4 is 4.74 Å². The number of carbonyl (C=O) groups is 1. The van der Waals surface area contributed by atoms with Crippen LogP contribution in [0.4, 0.5) is 4.39 Å². The third kappa shape index (κ3) is 4.39. The Bertz CT molecular complexity index is 610. The molecule has 0 unspecified atom stereocenters. The molecule has 0 aliphatic rings. The molecular formula is C17H17FO3. The molecule has 0 bridgehead atoms. The lowest BCUT2D eigenvalue weighted by Gasteiger charge is -2.10. The number of rotatable bonds is 7. The van der Waals surface area contributed by atoms with Gasteiger partial charge in [0.1, 0.15) is 18.2 Å². The van der Waals surface area contributed by atoms with Gasteiger partial charge in [-0.2, -0.15) is 0 Å². The summed E-state index contributed by atoms with van der Waals surface area (Å²) in [5, 5.41) is 0. The molecule has 0 amide bonds. The highest BCUT2D eigenvalue weighted by Crippen LogP contribution is 2.18. The summed E-state index contributed by atoms with van der Waals surface area (Å²) in [5.41, 5.74) is 1.06. The van der Waals surface area contributed by atoms with Crippen molar-refractivity contribution in [2.24, 2.45) is 0 Å². The van der Waals surface area contributed by atoms with Gasteiger partial charge in [0.2, 0.25) is 0 Å². The number of halogens is 1. The lowest BCUT2D eigenvalue weighted by molar-refractivity contribution is 0.0859. The Kier molecular flexibility index (Phi) is 5.46. The SMILES string of the molecule is CC(=O)c1ccccc1OCCOCc1ccccc1F. The highest BCUT2D eigenvalue weighted by Gasteiger charge is 2.07. The molecular weight excluding hydrogens is 271 g/mol. The van der Waals surface area contributed by atoms with Crippen LogP contribution in [0.15, 0.2) is 48.5 Å². The Morgan fingerprint density at radius 1 is 1.05 bits per heavy atom. The van der Waals surface area contributed by atoms with Crippen molar-refractivity contribution in [3.8, 4) is 5.75 Å². The van der Waals surface area contributed by atoms with Crippen LogP contribution >= 0.6 is 0 Å². The largest absolute Gasteiger partial charge is 0.490 e. The molecule has 0 saturated heterocycles. The molecule has 2 aromatic carbocycles. The molecule has 2 aromatic rings. The van der Waals surface area contributed by atoms with Crippen LogP contribution in [-0.2, 0) is 11.3 Å². The van der Waals surface area contributed by atoms with E-state index < -0.39 is 0 Å². The van der Waals surface area contributed by atoms with Crippen molar-refractivity contribution in [3.63, 3.8) is 0 Å². The third-order valence-corrected chi connectivity index (χ3v) is 2.97. The van der Waals surface area contributed by atoms with Crippen LogP contribution in [0.25, 0.3) is 0 Å². The zero-order valence-electron chi connectivity index (χ0n) is 11.8. The first-order valence-electron chi connectivity index (χ1n) is 6.72. The molecule has 0 radical (unpaired) electrons. The van der Waals surface area contributed by atoms with Crippen LogP contribution in [0.3, 0.4) is 0 Å². The molecule has 0 atom stereocenters. The maximum Gasteiger partial charge on any atom is 0.163 e. The van der Waals surface area contributed by atoms with E-state index in [2.05, 4.69) is 0 Å². The van der Waals surface area contributed by atoms with Crippen LogP contribution in [-0.4, -0.2) is 19.0 Å². The number of ether oxygens (including phenoxy) is 2. The van der Waals surface area contributed by atoms with Crippen molar-refractivity contribution in [3.05, 3.63) is 65.5 Å². The summed E-state index contributed by atoms with van der Waals surface area (Å²) in [6.07, 6.45) is 0. The second-order valence-corrected chi connectivity index (χ2v) is 4.54. The monoisotopic (exact) mass is 288 g/mol. The molecule has 0 aliphatic heterocycles. The summed E-state index contributed by atoms with van der Waals surface area (Å²) < 4.78 is 24.3. The zero-order valence-corrected chi connectivity index (χ0v) is 11.8. The van der Waals surface area contributed by atoms with Gasteiger partial charge in [-0.3, -0.25) is 4.79 Å². The maximum atomic E-state index is 13.4. The Morgan fingerprint density at radius 2 is 1.76 bits per heavy atom. The Hall–Kier alpha value is -2.20. The van der Waals surface area contributed by atoms with E-state index in [1.54, 1.807) is 36.4 Å². The molecule has 0 saturated carbocycles. The minimum atomic E-state index is -0.277. The predicted octanol–water partition coefficient (Wildman–Crippen LogP) is 3.62. The summed E-state index contributed by atoms with van der Waals surface area (Å²) in [6, 6.07) is 13.5. The normalized spacial score (nSPS) is 10.4. The fourth-order valence-corrected chi connectivity index (χ4v) is 1.89. The number of hydrogen-bond acceptors (Lipinski definition) is 3. The summed E-state index contributed by atoms with van der Waals surface area (Å²) >= 11 is 0. The second kappa shape index (κ2) is 7.55. The van der Waals surface area contributed by atoms with Crippen molar-refractivity contribution in [1.29, 1.82) is 0 Å². The minimum Gasteiger partial charge on any atom is -0.490 e. The number of Topliss-reactive ketones (excluding diaryl/α,β-unsaturated/α-hetero) is 1. The average Bonchev–Trinajstić information content (AvgIpc) is 2.49. The van der Waals surface area contributed by atoms with Crippen molar-refractivity contribution < 1.29 is 18.7 Å². The molecule has 0 spiro atoms. The smallest absolute Gasteiger partial charge is 0.163 e. The van der Waals surface area contributed by atoms with Crippen molar-refractivity contribution in [2.75, 3.05) is 13.2 Å². The van der Waals surface area contributed by atoms with E-state index in [1.807, 2.05) is 6.07 Å². The van der Waals surface area contributed by atoms with E-state index in [0.29, 0.717) is 30.1 Å². The van der Waals surface area contributed by atoms with Crippen LogP contribution in [0.2, 0.25) is 0 Å². The molecule has 3 nitrogen and oxygen atoms in total. The quantitative estimate of drug-likeness (QED) is 0.576. The Labute approximate surface area is 123 Å². The minimum absolute atomic E-state index is 0.0436. The van der Waals surface area contributed by atoms with Crippen LogP contribution in [0.1, 0.15) is 22.8 Å². The fraction of sp³-hybridized carbons (Fsp3) is 0.235. The molecule has 0 N–H and O–H groups in total. The number of carbonyl (C=O) groups excluding carboxylic acids is 1. The van der Waals surface area contributed by atoms with Gasteiger partial charge >= 0.3 is 0 Å². The zero-order chi connectivity index (χ0) is 15.1. The lowest BCUT2D eigenvalue weighted by Crippen LogP contribution is -2.09. The number of hydrogen-bond donors (Lipinski definition) is 0. The van der Waals surface area contributed by atoms with E-state index in [9.17, 15) is 9.18 Å². The Morgan fingerprint density at radius 3 is 2.52 bits per heavy atom. The first kappa shape index (κ1) is 15.2. The van der Waals surface area contributed by atoms with Crippen LogP contribution in [0.5, 0.6) is 5.75 Å². The van der Waals surface area contributed by atoms with E-state index in [0.717, 1.165) is 0 Å². The third-order valence-electron chi connectivity index (χ3n) is 2.97. The van der Waals surface area contributed by atoms with Gasteiger partial charge in [0.05, 0.1) is 18.8 Å². The highest BCUT2D eigenvalue weighted by molar-refractivity contribution is 5.96. The topological polar surface area (TPSA) is 35.5 Å². The summed E-state index contributed by atoms with van der Waals surface area (Å²) in [5.74, 6) is 0.220. The standard InChI is InChI=1S/C17H17FO3/c1-13(19)15-7-3-5-9-17(15)21-11-10-20-12-14-6-2-4-8-16(14)18/h2-9H,10-12H2,1H3. The number of benzene rings is 2. The van der Waals surface area contributed by atoms with Crippen molar-refractivity contribution in [2.45, 2.75) is 13.5 Å². The number of ketones is 1. The first-order valence-corrected chi connectivity index (χ1v) is 6.72. The van der Waals surface area contributed by atoms with Gasteiger partial charge < -0.3 is 9.47 Å². The van der Waals surface area contributed by atoms with Gasteiger partial charge in [0, 0.05) is 5.56 Å². The predicted molar refractivity (Wildman–Crippen MR) is 78.0 cm³/mol. The molecule has 0 fully saturated rings. The second-order valence-electron chi connectivity index (χ2n) is 4.54. The van der Waals surface area contributed by atoms with Crippen molar-refractivity contribution >= 4 is 5.78 Å². The molecule has 21 heavy (non-hydrogen) atoms. The van der Waals surface area contributed by atoms with Gasteiger partial charge in [-0.15, -0.1) is 0 Å². The molecule has 4 heteroatoms. The molecule has 2 rings (SSSR count). The average molecular weight is 288 g/mol. The summed E-state index contributed by atoms with van der Waals surface area (Å²) in [4.78, 5) is 11.4. The van der Waals surface area contributed by atoms with E-state index in [4.69, 9.17) is 9.47 Å². The van der Waals surface area contributed by atoms with Gasteiger partial charge in [0.15, 0.2) is 5.78 Å². The van der Waals surface area contributed by atoms with Gasteiger partial charge in [-0.25, -0.2) is 4.39 Å². The van der Waals surface area contributed by atoms with E-state index in [-0.39, 0.29) is 18.2 Å². The van der Waals surface area contributed by atoms with Gasteiger partial charge in [0.25, 0.3) is 0 Å². The van der Waals surface area contributed by atoms with Crippen molar-refractivity contribution in [1.82, 2.24) is 0 Å². The molecule has 0 aliphatic carbocycles.